The predicted molar refractivity (Wildman–Crippen MR) is 122 cm³/mol. The van der Waals surface area contributed by atoms with Crippen molar-refractivity contribution < 1.29 is 14.4 Å². The van der Waals surface area contributed by atoms with Crippen LogP contribution in [0.15, 0.2) is 24.3 Å². The number of hydrogen-bond acceptors (Lipinski definition) is 5. The molecule has 2 heterocycles. The van der Waals surface area contributed by atoms with Gasteiger partial charge in [-0.25, -0.2) is 0 Å². The van der Waals surface area contributed by atoms with Crippen LogP contribution in [-0.2, 0) is 17.6 Å². The molecule has 7 nitrogen and oxygen atoms in total. The van der Waals surface area contributed by atoms with Crippen molar-refractivity contribution in [3.63, 3.8) is 0 Å². The summed E-state index contributed by atoms with van der Waals surface area (Å²) in [4.78, 5) is 42.5. The van der Waals surface area contributed by atoms with Gasteiger partial charge < -0.3 is 16.0 Å². The third kappa shape index (κ3) is 4.46. The van der Waals surface area contributed by atoms with E-state index in [1.165, 1.54) is 11.3 Å². The lowest BCUT2D eigenvalue weighted by Gasteiger charge is -2.37. The SMILES string of the molecule is CC(C(=O)Nc1sc2c(c1C(N)=O)CCC2)N1CCN(C(=O)c2ccc(Cl)cc2)CC1. The topological polar surface area (TPSA) is 95.7 Å². The standard InChI is InChI=1S/C22H25ClN4O3S/c1-13(20(29)25-21-18(19(24)28)16-3-2-4-17(16)31-21)26-9-11-27(12-10-26)22(30)14-5-7-15(23)8-6-14/h5-8,13H,2-4,9-12H2,1H3,(H2,24,28)(H,25,29). The Kier molecular flexibility index (Phi) is 6.31. The highest BCUT2D eigenvalue weighted by molar-refractivity contribution is 7.17. The average Bonchev–Trinajstić information content (AvgIpc) is 3.34. The van der Waals surface area contributed by atoms with E-state index in [4.69, 9.17) is 17.3 Å². The molecule has 0 saturated carbocycles. The number of amides is 3. The Labute approximate surface area is 190 Å². The van der Waals surface area contributed by atoms with E-state index in [0.717, 1.165) is 29.7 Å². The van der Waals surface area contributed by atoms with Gasteiger partial charge in [0.1, 0.15) is 5.00 Å². The normalized spacial score (nSPS) is 17.3. The summed E-state index contributed by atoms with van der Waals surface area (Å²) in [5.41, 5.74) is 7.66. The molecule has 1 aromatic carbocycles. The highest BCUT2D eigenvalue weighted by atomic mass is 35.5. The third-order valence-electron chi connectivity index (χ3n) is 6.02. The Balaban J connectivity index is 1.36. The number of nitrogens with two attached hydrogens (primary N) is 1. The van der Waals surface area contributed by atoms with Crippen LogP contribution in [0.3, 0.4) is 0 Å². The van der Waals surface area contributed by atoms with E-state index in [9.17, 15) is 14.4 Å². The van der Waals surface area contributed by atoms with Gasteiger partial charge in [-0.15, -0.1) is 11.3 Å². The summed E-state index contributed by atoms with van der Waals surface area (Å²) in [6.45, 7) is 4.12. The van der Waals surface area contributed by atoms with Gasteiger partial charge in [0.05, 0.1) is 11.6 Å². The van der Waals surface area contributed by atoms with E-state index in [2.05, 4.69) is 5.32 Å². The summed E-state index contributed by atoms with van der Waals surface area (Å²) in [5, 5.41) is 4.08. The van der Waals surface area contributed by atoms with Crippen molar-refractivity contribution in [3.05, 3.63) is 50.9 Å². The summed E-state index contributed by atoms with van der Waals surface area (Å²) in [6.07, 6.45) is 2.78. The van der Waals surface area contributed by atoms with Crippen LogP contribution in [0.25, 0.3) is 0 Å². The maximum atomic E-state index is 12.9. The van der Waals surface area contributed by atoms with Crippen molar-refractivity contribution in [1.29, 1.82) is 0 Å². The van der Waals surface area contributed by atoms with Crippen LogP contribution < -0.4 is 11.1 Å². The lowest BCUT2D eigenvalue weighted by atomic mass is 10.1. The number of carbonyl (C=O) groups is 3. The van der Waals surface area contributed by atoms with E-state index in [-0.39, 0.29) is 17.9 Å². The Hall–Kier alpha value is -2.42. The van der Waals surface area contributed by atoms with E-state index < -0.39 is 5.91 Å². The quantitative estimate of drug-likeness (QED) is 0.717. The molecule has 0 bridgehead atoms. The summed E-state index contributed by atoms with van der Waals surface area (Å²) < 4.78 is 0. The lowest BCUT2D eigenvalue weighted by molar-refractivity contribution is -0.121. The number of anilines is 1. The van der Waals surface area contributed by atoms with E-state index in [1.807, 2.05) is 11.8 Å². The molecule has 0 spiro atoms. The van der Waals surface area contributed by atoms with Gasteiger partial charge in [0.15, 0.2) is 0 Å². The van der Waals surface area contributed by atoms with Gasteiger partial charge in [-0.3, -0.25) is 19.3 Å². The first-order valence-corrected chi connectivity index (χ1v) is 11.6. The monoisotopic (exact) mass is 460 g/mol. The zero-order chi connectivity index (χ0) is 22.1. The van der Waals surface area contributed by atoms with E-state index in [0.29, 0.717) is 47.3 Å². The Morgan fingerprint density at radius 1 is 1.10 bits per heavy atom. The molecule has 1 saturated heterocycles. The van der Waals surface area contributed by atoms with Crippen LogP contribution in [0, 0.1) is 0 Å². The van der Waals surface area contributed by atoms with Gasteiger partial charge in [-0.2, -0.15) is 0 Å². The predicted octanol–water partition coefficient (Wildman–Crippen LogP) is 2.77. The summed E-state index contributed by atoms with van der Waals surface area (Å²) in [7, 11) is 0. The molecular formula is C22H25ClN4O3S. The first-order valence-electron chi connectivity index (χ1n) is 10.4. The number of nitrogens with one attached hydrogen (secondary N) is 1. The number of halogens is 1. The second-order valence-electron chi connectivity index (χ2n) is 7.93. The number of aryl methyl sites for hydroxylation is 1. The minimum atomic E-state index is -0.489. The molecule has 164 valence electrons. The molecule has 1 atom stereocenters. The van der Waals surface area contributed by atoms with Crippen LogP contribution in [0.4, 0.5) is 5.00 Å². The molecule has 0 radical (unpaired) electrons. The van der Waals surface area contributed by atoms with Gasteiger partial charge >= 0.3 is 0 Å². The molecule has 2 aliphatic rings. The molecule has 3 N–H and O–H groups in total. The average molecular weight is 461 g/mol. The number of thiophene rings is 1. The molecule has 1 aliphatic carbocycles. The van der Waals surface area contributed by atoms with Crippen LogP contribution in [0.1, 0.15) is 44.5 Å². The van der Waals surface area contributed by atoms with Crippen molar-refractivity contribution >= 4 is 45.7 Å². The fourth-order valence-electron chi connectivity index (χ4n) is 4.22. The second-order valence-corrected chi connectivity index (χ2v) is 9.47. The van der Waals surface area contributed by atoms with Crippen molar-refractivity contribution in [2.45, 2.75) is 32.2 Å². The lowest BCUT2D eigenvalue weighted by Crippen LogP contribution is -2.54. The molecular weight excluding hydrogens is 436 g/mol. The molecule has 1 aromatic heterocycles. The summed E-state index contributed by atoms with van der Waals surface area (Å²) in [5.74, 6) is -0.691. The van der Waals surface area contributed by atoms with Crippen LogP contribution in [-0.4, -0.2) is 59.7 Å². The smallest absolute Gasteiger partial charge is 0.253 e. The largest absolute Gasteiger partial charge is 0.365 e. The number of rotatable bonds is 5. The van der Waals surface area contributed by atoms with Gasteiger partial charge in [0.2, 0.25) is 5.91 Å². The van der Waals surface area contributed by atoms with Crippen molar-refractivity contribution in [2.75, 3.05) is 31.5 Å². The molecule has 9 heteroatoms. The van der Waals surface area contributed by atoms with Gasteiger partial charge in [0.25, 0.3) is 11.8 Å². The first-order chi connectivity index (χ1) is 14.8. The second kappa shape index (κ2) is 8.98. The fraction of sp³-hybridized carbons (Fsp3) is 0.409. The number of fused-ring (bicyclic) bond motifs is 1. The molecule has 31 heavy (non-hydrogen) atoms. The number of primary amides is 1. The van der Waals surface area contributed by atoms with E-state index >= 15 is 0 Å². The number of hydrogen-bond donors (Lipinski definition) is 2. The molecule has 2 aromatic rings. The number of nitrogens with zero attached hydrogens (tertiary/aromatic N) is 2. The molecule has 4 rings (SSSR count). The highest BCUT2D eigenvalue weighted by Crippen LogP contribution is 2.39. The first kappa shape index (κ1) is 21.8. The van der Waals surface area contributed by atoms with Crippen molar-refractivity contribution in [2.24, 2.45) is 5.73 Å². The Morgan fingerprint density at radius 3 is 2.42 bits per heavy atom. The fourth-order valence-corrected chi connectivity index (χ4v) is 5.65. The van der Waals surface area contributed by atoms with Gasteiger partial charge in [-0.1, -0.05) is 11.6 Å². The highest BCUT2D eigenvalue weighted by Gasteiger charge is 2.30. The van der Waals surface area contributed by atoms with E-state index in [1.54, 1.807) is 29.2 Å². The third-order valence-corrected chi connectivity index (χ3v) is 7.48. The number of piperazine rings is 1. The molecule has 1 aliphatic heterocycles. The molecule has 1 unspecified atom stereocenters. The van der Waals surface area contributed by atoms with Crippen molar-refractivity contribution in [3.8, 4) is 0 Å². The van der Waals surface area contributed by atoms with Crippen LogP contribution in [0.2, 0.25) is 5.02 Å². The summed E-state index contributed by atoms with van der Waals surface area (Å²) in [6, 6.07) is 6.48. The van der Waals surface area contributed by atoms with Gasteiger partial charge in [0, 0.05) is 41.6 Å². The van der Waals surface area contributed by atoms with Crippen LogP contribution >= 0.6 is 22.9 Å². The Morgan fingerprint density at radius 2 is 1.77 bits per heavy atom. The maximum absolute atomic E-state index is 12.9. The minimum Gasteiger partial charge on any atom is -0.365 e. The summed E-state index contributed by atoms with van der Waals surface area (Å²) >= 11 is 7.36. The molecule has 1 fully saturated rings. The molecule has 3 amide bonds. The Bertz CT molecular complexity index is 1010. The number of benzene rings is 1. The minimum absolute atomic E-state index is 0.0346. The van der Waals surface area contributed by atoms with Crippen molar-refractivity contribution in [1.82, 2.24) is 9.80 Å². The van der Waals surface area contributed by atoms with Gasteiger partial charge in [-0.05, 0) is 56.0 Å². The zero-order valence-electron chi connectivity index (χ0n) is 17.3. The maximum Gasteiger partial charge on any atom is 0.253 e. The number of carbonyl (C=O) groups excluding carboxylic acids is 3. The zero-order valence-corrected chi connectivity index (χ0v) is 18.9. The van der Waals surface area contributed by atoms with Crippen LogP contribution in [0.5, 0.6) is 0 Å².